The van der Waals surface area contributed by atoms with Crippen molar-refractivity contribution in [3.05, 3.63) is 81.6 Å². The fourth-order valence-corrected chi connectivity index (χ4v) is 3.58. The molecule has 2 N–H and O–H groups in total. The molecule has 0 saturated carbocycles. The van der Waals surface area contributed by atoms with E-state index in [0.29, 0.717) is 21.7 Å². The fraction of sp³-hybridized carbons (Fsp3) is 0.174. The van der Waals surface area contributed by atoms with Crippen LogP contribution in [0, 0.1) is 0 Å². The first-order valence-electron chi connectivity index (χ1n) is 10.0. The number of aliphatic hydroxyl groups excluding tert-OH is 2. The second-order valence-electron chi connectivity index (χ2n) is 7.41. The molecule has 7 nitrogen and oxygen atoms in total. The maximum atomic E-state index is 13.0. The molecule has 11 heteroatoms. The van der Waals surface area contributed by atoms with Gasteiger partial charge in [0.15, 0.2) is 5.65 Å². The van der Waals surface area contributed by atoms with E-state index < -0.39 is 30.3 Å². The molecule has 176 valence electrons. The van der Waals surface area contributed by atoms with Gasteiger partial charge in [-0.1, -0.05) is 23.7 Å². The molecule has 1 unspecified atom stereocenters. The number of nitrogens with zero attached hydrogens (tertiary/aromatic N) is 4. The van der Waals surface area contributed by atoms with E-state index in [1.54, 1.807) is 24.3 Å². The zero-order valence-corrected chi connectivity index (χ0v) is 18.4. The number of halogens is 4. The monoisotopic (exact) mass is 490 g/mol. The van der Waals surface area contributed by atoms with Gasteiger partial charge in [-0.3, -0.25) is 14.3 Å². The van der Waals surface area contributed by atoms with Crippen LogP contribution in [-0.4, -0.2) is 37.7 Å². The first-order chi connectivity index (χ1) is 16.1. The van der Waals surface area contributed by atoms with Gasteiger partial charge in [0.2, 0.25) is 5.95 Å². The molecule has 2 heterocycles. The number of hydrogen-bond acceptors (Lipinski definition) is 6. The van der Waals surface area contributed by atoms with E-state index in [9.17, 15) is 28.2 Å². The topological polar surface area (TPSA) is 91.5 Å². The number of anilines is 1. The van der Waals surface area contributed by atoms with E-state index >= 15 is 0 Å². The number of rotatable bonds is 5. The van der Waals surface area contributed by atoms with Crippen LogP contribution in [0.25, 0.3) is 28.0 Å². The Hall–Kier alpha value is -3.47. The minimum absolute atomic E-state index is 0.0822. The van der Waals surface area contributed by atoms with Crippen molar-refractivity contribution in [1.82, 2.24) is 14.5 Å². The zero-order valence-electron chi connectivity index (χ0n) is 17.7. The number of benzene rings is 2. The van der Waals surface area contributed by atoms with Gasteiger partial charge in [-0.25, -0.2) is 4.98 Å². The average molecular weight is 491 g/mol. The molecule has 0 aliphatic carbocycles. The van der Waals surface area contributed by atoms with E-state index in [0.717, 1.165) is 21.6 Å². The average Bonchev–Trinajstić information content (AvgIpc) is 2.79. The second kappa shape index (κ2) is 9.05. The van der Waals surface area contributed by atoms with E-state index in [2.05, 4.69) is 9.97 Å². The smallest absolute Gasteiger partial charge is 0.376 e. The van der Waals surface area contributed by atoms with Gasteiger partial charge < -0.3 is 10.2 Å². The van der Waals surface area contributed by atoms with Gasteiger partial charge in [0.25, 0.3) is 5.56 Å². The Morgan fingerprint density at radius 1 is 1.03 bits per heavy atom. The highest BCUT2D eigenvalue weighted by Crippen LogP contribution is 2.32. The predicted molar refractivity (Wildman–Crippen MR) is 122 cm³/mol. The summed E-state index contributed by atoms with van der Waals surface area (Å²) in [5.41, 5.74) is -0.173. The third-order valence-electron chi connectivity index (χ3n) is 5.17. The molecular formula is C23H18ClF3N4O3. The summed E-state index contributed by atoms with van der Waals surface area (Å²) in [5.74, 6) is -0.0822. The van der Waals surface area contributed by atoms with Gasteiger partial charge in [0.1, 0.15) is 13.0 Å². The molecule has 0 amide bonds. The Balaban J connectivity index is 2.04. The Labute approximate surface area is 196 Å². The van der Waals surface area contributed by atoms with Crippen molar-refractivity contribution >= 4 is 28.6 Å². The number of aliphatic hydroxyl groups is 2. The molecule has 4 aromatic rings. The van der Waals surface area contributed by atoms with Crippen molar-refractivity contribution < 1.29 is 23.4 Å². The van der Waals surface area contributed by atoms with Crippen LogP contribution in [0.15, 0.2) is 65.5 Å². The molecular weight excluding hydrogens is 473 g/mol. The van der Waals surface area contributed by atoms with Crippen molar-refractivity contribution in [2.24, 2.45) is 0 Å². The number of alkyl halides is 3. The number of aromatic nitrogens is 3. The standard InChI is InChI=1S/C23H18ClF3N4O3/c1-13(33)30(12-32)22-28-20(14-2-6-16(24)7-3-14)18-10-11-19(34)31(21(18)29-22)17-8-4-15(5-9-17)23(25,26)27/h2-11,13,32-33H,12H2,1H3. The Morgan fingerprint density at radius 2 is 1.68 bits per heavy atom. The van der Waals surface area contributed by atoms with Crippen LogP contribution < -0.4 is 10.5 Å². The summed E-state index contributed by atoms with van der Waals surface area (Å²) in [6.07, 6.45) is -5.70. The third kappa shape index (κ3) is 4.47. The molecule has 0 aliphatic rings. The van der Waals surface area contributed by atoms with Crippen molar-refractivity contribution in [2.45, 2.75) is 19.3 Å². The van der Waals surface area contributed by atoms with Crippen LogP contribution in [0.3, 0.4) is 0 Å². The van der Waals surface area contributed by atoms with E-state index in [-0.39, 0.29) is 17.3 Å². The van der Waals surface area contributed by atoms with E-state index in [1.807, 2.05) is 0 Å². The fourth-order valence-electron chi connectivity index (χ4n) is 3.46. The summed E-state index contributed by atoms with van der Waals surface area (Å²) in [5, 5.41) is 20.8. The molecule has 34 heavy (non-hydrogen) atoms. The normalized spacial score (nSPS) is 12.7. The van der Waals surface area contributed by atoms with Crippen molar-refractivity contribution in [3.63, 3.8) is 0 Å². The molecule has 4 rings (SSSR count). The molecule has 0 spiro atoms. The Morgan fingerprint density at radius 3 is 2.24 bits per heavy atom. The largest absolute Gasteiger partial charge is 0.416 e. The van der Waals surface area contributed by atoms with Crippen LogP contribution in [-0.2, 0) is 6.18 Å². The molecule has 0 aliphatic heterocycles. The van der Waals surface area contributed by atoms with Crippen LogP contribution in [0.2, 0.25) is 5.02 Å². The minimum atomic E-state index is -4.53. The summed E-state index contributed by atoms with van der Waals surface area (Å²) in [7, 11) is 0. The summed E-state index contributed by atoms with van der Waals surface area (Å²) < 4.78 is 40.2. The molecule has 0 radical (unpaired) electrons. The lowest BCUT2D eigenvalue weighted by molar-refractivity contribution is -0.137. The van der Waals surface area contributed by atoms with Crippen LogP contribution >= 0.6 is 11.6 Å². The van der Waals surface area contributed by atoms with Gasteiger partial charge >= 0.3 is 6.18 Å². The number of fused-ring (bicyclic) bond motifs is 1. The number of pyridine rings is 1. The Kier molecular flexibility index (Phi) is 6.30. The Bertz CT molecular complexity index is 1390. The minimum Gasteiger partial charge on any atom is -0.376 e. The van der Waals surface area contributed by atoms with Crippen molar-refractivity contribution in [2.75, 3.05) is 11.6 Å². The molecule has 2 aromatic carbocycles. The summed E-state index contributed by atoms with van der Waals surface area (Å²) in [6.45, 7) is 0.778. The van der Waals surface area contributed by atoms with Gasteiger partial charge in [-0.05, 0) is 49.4 Å². The molecule has 0 bridgehead atoms. The lowest BCUT2D eigenvalue weighted by Gasteiger charge is -2.24. The summed E-state index contributed by atoms with van der Waals surface area (Å²) in [6, 6.07) is 13.6. The zero-order chi connectivity index (χ0) is 24.6. The highest BCUT2D eigenvalue weighted by Gasteiger charge is 2.30. The van der Waals surface area contributed by atoms with Crippen LogP contribution in [0.4, 0.5) is 19.1 Å². The SMILES string of the molecule is CC(O)N(CO)c1nc(-c2ccc(Cl)cc2)c2ccc(=O)n(-c3ccc(C(F)(F)F)cc3)c2n1. The quantitative estimate of drug-likeness (QED) is 0.407. The summed E-state index contributed by atoms with van der Waals surface area (Å²) >= 11 is 6.00. The van der Waals surface area contributed by atoms with Crippen molar-refractivity contribution in [3.8, 4) is 16.9 Å². The second-order valence-corrected chi connectivity index (χ2v) is 7.85. The molecule has 0 saturated heterocycles. The molecule has 0 fully saturated rings. The first-order valence-corrected chi connectivity index (χ1v) is 10.4. The third-order valence-corrected chi connectivity index (χ3v) is 5.42. The van der Waals surface area contributed by atoms with E-state index in [1.165, 1.54) is 31.2 Å². The van der Waals surface area contributed by atoms with Gasteiger partial charge in [0.05, 0.1) is 16.9 Å². The van der Waals surface area contributed by atoms with Crippen LogP contribution in [0.1, 0.15) is 12.5 Å². The van der Waals surface area contributed by atoms with Gasteiger partial charge in [-0.2, -0.15) is 18.2 Å². The maximum absolute atomic E-state index is 13.0. The maximum Gasteiger partial charge on any atom is 0.416 e. The summed E-state index contributed by atoms with van der Waals surface area (Å²) in [4.78, 5) is 22.8. The van der Waals surface area contributed by atoms with Gasteiger partial charge in [0, 0.05) is 22.0 Å². The molecule has 1 atom stereocenters. The van der Waals surface area contributed by atoms with Gasteiger partial charge in [-0.15, -0.1) is 0 Å². The number of hydrogen-bond donors (Lipinski definition) is 2. The highest BCUT2D eigenvalue weighted by molar-refractivity contribution is 6.30. The lowest BCUT2D eigenvalue weighted by atomic mass is 10.1. The molecule has 2 aromatic heterocycles. The lowest BCUT2D eigenvalue weighted by Crippen LogP contribution is -2.35. The van der Waals surface area contributed by atoms with Crippen molar-refractivity contribution in [1.29, 1.82) is 0 Å². The predicted octanol–water partition coefficient (Wildman–Crippen LogP) is 4.21. The van der Waals surface area contributed by atoms with Crippen LogP contribution in [0.5, 0.6) is 0 Å². The first kappa shape index (κ1) is 23.7. The van der Waals surface area contributed by atoms with E-state index in [4.69, 9.17) is 11.6 Å². The highest BCUT2D eigenvalue weighted by atomic mass is 35.5.